The molecule has 0 aliphatic heterocycles. The number of aliphatic hydroxyl groups excluding tert-OH is 1. The van der Waals surface area contributed by atoms with Crippen LogP contribution in [0.1, 0.15) is 43.6 Å². The van der Waals surface area contributed by atoms with Gasteiger partial charge in [0.15, 0.2) is 6.61 Å². The Labute approximate surface area is 201 Å². The summed E-state index contributed by atoms with van der Waals surface area (Å²) in [5, 5.41) is 16.2. The standard InChI is InChI=1S/C24H25ClFN3O5/c1-13(2)34-16-4-6-19(27-11-16)23(32)29-24-8-14(9-24)22(20(30)10-24)28-21(31)12-33-15-3-5-17(25)18(26)7-15/h3-7,11,13,20,30H,8-10,12H2,1-2H3,(H,28,31)(H,29,32). The molecule has 1 heterocycles. The molecule has 1 fully saturated rings. The van der Waals surface area contributed by atoms with E-state index >= 15 is 0 Å². The van der Waals surface area contributed by atoms with E-state index in [9.17, 15) is 19.1 Å². The van der Waals surface area contributed by atoms with Gasteiger partial charge < -0.3 is 25.2 Å². The number of amides is 2. The summed E-state index contributed by atoms with van der Waals surface area (Å²) in [7, 11) is 0. The predicted octanol–water partition coefficient (Wildman–Crippen LogP) is 3.14. The van der Waals surface area contributed by atoms with Crippen LogP contribution in [0.3, 0.4) is 0 Å². The average molecular weight is 490 g/mol. The molecule has 8 nitrogen and oxygen atoms in total. The number of fused-ring (bicyclic) bond motifs is 2. The van der Waals surface area contributed by atoms with E-state index in [2.05, 4.69) is 15.6 Å². The van der Waals surface area contributed by atoms with Gasteiger partial charge in [0.05, 0.1) is 29.0 Å². The molecule has 0 saturated heterocycles. The van der Waals surface area contributed by atoms with Crippen molar-refractivity contribution in [1.82, 2.24) is 15.6 Å². The van der Waals surface area contributed by atoms with Crippen molar-refractivity contribution >= 4 is 23.4 Å². The third kappa shape index (κ3) is 5.31. The molecule has 1 aromatic carbocycles. The maximum atomic E-state index is 13.5. The number of nitrogens with zero attached hydrogens (tertiary/aromatic N) is 1. The Morgan fingerprint density at radius 3 is 2.62 bits per heavy atom. The van der Waals surface area contributed by atoms with Crippen molar-refractivity contribution in [3.63, 3.8) is 0 Å². The van der Waals surface area contributed by atoms with Gasteiger partial charge in [-0.05, 0) is 56.5 Å². The van der Waals surface area contributed by atoms with Crippen molar-refractivity contribution in [2.24, 2.45) is 0 Å². The van der Waals surface area contributed by atoms with Gasteiger partial charge in [-0.3, -0.25) is 9.59 Å². The molecule has 3 aliphatic carbocycles. The van der Waals surface area contributed by atoms with Gasteiger partial charge in [-0.1, -0.05) is 11.6 Å². The van der Waals surface area contributed by atoms with Crippen LogP contribution in [-0.2, 0) is 4.79 Å². The smallest absolute Gasteiger partial charge is 0.270 e. The highest BCUT2D eigenvalue weighted by Gasteiger charge is 2.50. The van der Waals surface area contributed by atoms with Crippen LogP contribution >= 0.6 is 11.6 Å². The summed E-state index contributed by atoms with van der Waals surface area (Å²) in [5.41, 5.74) is 0.970. The molecule has 5 rings (SSSR count). The lowest BCUT2D eigenvalue weighted by atomic mass is 9.63. The maximum absolute atomic E-state index is 13.5. The normalized spacial score (nSPS) is 21.1. The largest absolute Gasteiger partial charge is 0.489 e. The van der Waals surface area contributed by atoms with Gasteiger partial charge in [0.1, 0.15) is 23.0 Å². The van der Waals surface area contributed by atoms with Gasteiger partial charge in [-0.2, -0.15) is 0 Å². The molecule has 2 aromatic rings. The molecule has 0 spiro atoms. The Hall–Kier alpha value is -3.17. The minimum Gasteiger partial charge on any atom is -0.489 e. The van der Waals surface area contributed by atoms with Crippen molar-refractivity contribution in [3.8, 4) is 11.5 Å². The molecule has 34 heavy (non-hydrogen) atoms. The second-order valence-corrected chi connectivity index (χ2v) is 9.19. The summed E-state index contributed by atoms with van der Waals surface area (Å²) in [6.07, 6.45) is 1.86. The lowest BCUT2D eigenvalue weighted by Crippen LogP contribution is -2.61. The average Bonchev–Trinajstić information content (AvgIpc) is 2.75. The minimum absolute atomic E-state index is 0.00552. The van der Waals surface area contributed by atoms with E-state index in [1.165, 1.54) is 18.3 Å². The predicted molar refractivity (Wildman–Crippen MR) is 122 cm³/mol. The van der Waals surface area contributed by atoms with Crippen LogP contribution < -0.4 is 20.1 Å². The van der Waals surface area contributed by atoms with Crippen LogP contribution in [0.5, 0.6) is 11.5 Å². The number of aromatic nitrogens is 1. The molecular formula is C24H25ClFN3O5. The Morgan fingerprint density at radius 1 is 1.26 bits per heavy atom. The SMILES string of the molecule is CC(C)Oc1ccc(C(=O)NC23CC(=C(NC(=O)COc4ccc(Cl)c(F)c4)C(O)C2)C3)nc1. The first-order valence-corrected chi connectivity index (χ1v) is 11.2. The van der Waals surface area contributed by atoms with Crippen LogP contribution in [0.4, 0.5) is 4.39 Å². The molecule has 0 radical (unpaired) electrons. The number of carbonyl (C=O) groups is 2. The summed E-state index contributed by atoms with van der Waals surface area (Å²) in [5.74, 6) is -0.708. The second kappa shape index (κ2) is 9.60. The zero-order valence-electron chi connectivity index (χ0n) is 18.7. The zero-order valence-corrected chi connectivity index (χ0v) is 19.5. The number of pyridine rings is 1. The van der Waals surface area contributed by atoms with Gasteiger partial charge >= 0.3 is 0 Å². The van der Waals surface area contributed by atoms with E-state index in [4.69, 9.17) is 21.1 Å². The second-order valence-electron chi connectivity index (χ2n) is 8.78. The van der Waals surface area contributed by atoms with E-state index in [1.807, 2.05) is 13.8 Å². The van der Waals surface area contributed by atoms with Crippen LogP contribution in [-0.4, -0.2) is 46.3 Å². The fourth-order valence-corrected chi connectivity index (χ4v) is 4.30. The summed E-state index contributed by atoms with van der Waals surface area (Å²) in [6, 6.07) is 7.17. The van der Waals surface area contributed by atoms with Crippen molar-refractivity contribution in [2.75, 3.05) is 6.61 Å². The lowest BCUT2D eigenvalue weighted by molar-refractivity contribution is -0.123. The van der Waals surface area contributed by atoms with Crippen LogP contribution in [0.15, 0.2) is 47.8 Å². The Morgan fingerprint density at radius 2 is 2.00 bits per heavy atom. The molecule has 1 saturated carbocycles. The van der Waals surface area contributed by atoms with E-state index in [1.54, 1.807) is 12.1 Å². The Bertz CT molecular complexity index is 1130. The molecular weight excluding hydrogens is 465 g/mol. The first-order valence-electron chi connectivity index (χ1n) is 10.9. The van der Waals surface area contributed by atoms with Crippen LogP contribution in [0.2, 0.25) is 5.02 Å². The molecule has 10 heteroatoms. The maximum Gasteiger partial charge on any atom is 0.270 e. The molecule has 1 unspecified atom stereocenters. The number of hydrogen-bond acceptors (Lipinski definition) is 6. The number of rotatable bonds is 8. The highest BCUT2D eigenvalue weighted by molar-refractivity contribution is 6.30. The van der Waals surface area contributed by atoms with E-state index in [0.29, 0.717) is 24.3 Å². The van der Waals surface area contributed by atoms with Gasteiger partial charge in [0.25, 0.3) is 11.8 Å². The van der Waals surface area contributed by atoms with Crippen LogP contribution in [0, 0.1) is 5.82 Å². The number of hydrogen-bond donors (Lipinski definition) is 3. The summed E-state index contributed by atoms with van der Waals surface area (Å²) < 4.78 is 24.3. The monoisotopic (exact) mass is 489 g/mol. The fraction of sp³-hybridized carbons (Fsp3) is 0.375. The zero-order chi connectivity index (χ0) is 24.5. The topological polar surface area (TPSA) is 110 Å². The third-order valence-electron chi connectivity index (χ3n) is 5.66. The third-order valence-corrected chi connectivity index (χ3v) is 5.96. The molecule has 180 valence electrons. The Balaban J connectivity index is 1.32. The number of aliphatic hydroxyl groups is 1. The fourth-order valence-electron chi connectivity index (χ4n) is 4.18. The highest BCUT2D eigenvalue weighted by Crippen LogP contribution is 2.47. The molecule has 2 amide bonds. The molecule has 1 aromatic heterocycles. The van der Waals surface area contributed by atoms with Gasteiger partial charge in [-0.25, -0.2) is 9.37 Å². The van der Waals surface area contributed by atoms with Gasteiger partial charge in [0.2, 0.25) is 0 Å². The van der Waals surface area contributed by atoms with Crippen molar-refractivity contribution < 1.29 is 28.6 Å². The number of nitrogens with one attached hydrogen (secondary N) is 2. The summed E-state index contributed by atoms with van der Waals surface area (Å²) in [6.45, 7) is 3.45. The number of benzene rings is 1. The number of halogens is 2. The van der Waals surface area contributed by atoms with Gasteiger partial charge in [-0.15, -0.1) is 0 Å². The van der Waals surface area contributed by atoms with E-state index in [-0.39, 0.29) is 41.5 Å². The first kappa shape index (κ1) is 24.0. The Kier molecular flexibility index (Phi) is 6.77. The van der Waals surface area contributed by atoms with Crippen LogP contribution in [0.25, 0.3) is 0 Å². The molecule has 2 bridgehead atoms. The minimum atomic E-state index is -0.940. The van der Waals surface area contributed by atoms with Crippen molar-refractivity contribution in [2.45, 2.75) is 50.9 Å². The van der Waals surface area contributed by atoms with E-state index < -0.39 is 23.4 Å². The molecule has 3 aliphatic rings. The number of ether oxygens (including phenoxy) is 2. The summed E-state index contributed by atoms with van der Waals surface area (Å²) >= 11 is 5.63. The highest BCUT2D eigenvalue weighted by atomic mass is 35.5. The van der Waals surface area contributed by atoms with Crippen molar-refractivity contribution in [1.29, 1.82) is 0 Å². The quantitative estimate of drug-likeness (QED) is 0.525. The van der Waals surface area contributed by atoms with Gasteiger partial charge in [0, 0.05) is 18.2 Å². The number of carbonyl (C=O) groups excluding carboxylic acids is 2. The molecule has 3 N–H and O–H groups in total. The lowest BCUT2D eigenvalue weighted by Gasteiger charge is -2.51. The van der Waals surface area contributed by atoms with Crippen molar-refractivity contribution in [3.05, 3.63) is 64.3 Å². The summed E-state index contributed by atoms with van der Waals surface area (Å²) in [4.78, 5) is 29.1. The first-order chi connectivity index (χ1) is 16.1. The van der Waals surface area contributed by atoms with E-state index in [0.717, 1.165) is 11.6 Å². The molecule has 1 atom stereocenters.